The lowest BCUT2D eigenvalue weighted by Crippen LogP contribution is -2.31. The van der Waals surface area contributed by atoms with Gasteiger partial charge in [-0.15, -0.1) is 0 Å². The summed E-state index contributed by atoms with van der Waals surface area (Å²) in [6.45, 7) is 3.28. The SMILES string of the molecule is COc1cc(C)ccc1C1NCCC12CCCCC2. The second-order valence-electron chi connectivity index (χ2n) is 6.31. The van der Waals surface area contributed by atoms with Gasteiger partial charge in [0.15, 0.2) is 0 Å². The van der Waals surface area contributed by atoms with E-state index in [0.717, 1.165) is 12.3 Å². The van der Waals surface area contributed by atoms with Gasteiger partial charge < -0.3 is 10.1 Å². The average Bonchev–Trinajstić information content (AvgIpc) is 2.82. The minimum absolute atomic E-state index is 0.487. The average molecular weight is 259 g/mol. The van der Waals surface area contributed by atoms with Gasteiger partial charge in [0.2, 0.25) is 0 Å². The molecule has 1 aromatic carbocycles. The van der Waals surface area contributed by atoms with Crippen molar-refractivity contribution in [3.05, 3.63) is 29.3 Å². The largest absolute Gasteiger partial charge is 0.496 e. The van der Waals surface area contributed by atoms with Crippen molar-refractivity contribution in [2.45, 2.75) is 51.5 Å². The van der Waals surface area contributed by atoms with E-state index in [9.17, 15) is 0 Å². The van der Waals surface area contributed by atoms with Crippen LogP contribution in [0.5, 0.6) is 5.75 Å². The lowest BCUT2D eigenvalue weighted by Gasteiger charge is -2.39. The topological polar surface area (TPSA) is 21.3 Å². The molecular weight excluding hydrogens is 234 g/mol. The first-order valence-corrected chi connectivity index (χ1v) is 7.63. The highest BCUT2D eigenvalue weighted by Crippen LogP contribution is 2.52. The van der Waals surface area contributed by atoms with Crippen LogP contribution in [0, 0.1) is 12.3 Å². The first-order chi connectivity index (χ1) is 9.25. The van der Waals surface area contributed by atoms with Crippen LogP contribution in [0.15, 0.2) is 18.2 Å². The summed E-state index contributed by atoms with van der Waals surface area (Å²) in [4.78, 5) is 0. The summed E-state index contributed by atoms with van der Waals surface area (Å²) in [6.07, 6.45) is 8.29. The maximum Gasteiger partial charge on any atom is 0.123 e. The molecule has 0 amide bonds. The summed E-state index contributed by atoms with van der Waals surface area (Å²) >= 11 is 0. The summed E-state index contributed by atoms with van der Waals surface area (Å²) < 4.78 is 5.63. The van der Waals surface area contributed by atoms with Crippen LogP contribution in [0.3, 0.4) is 0 Å². The Bertz CT molecular complexity index is 449. The van der Waals surface area contributed by atoms with Crippen molar-refractivity contribution < 1.29 is 4.74 Å². The Morgan fingerprint density at radius 3 is 2.68 bits per heavy atom. The van der Waals surface area contributed by atoms with Gasteiger partial charge in [0.1, 0.15) is 5.75 Å². The molecule has 1 atom stereocenters. The molecular formula is C17H25NO. The number of methoxy groups -OCH3 is 1. The summed E-state index contributed by atoms with van der Waals surface area (Å²) in [5.41, 5.74) is 3.13. The highest BCUT2D eigenvalue weighted by Gasteiger charge is 2.44. The molecule has 1 heterocycles. The Morgan fingerprint density at radius 2 is 1.95 bits per heavy atom. The van der Waals surface area contributed by atoms with Gasteiger partial charge in [0, 0.05) is 11.6 Å². The molecule has 1 aromatic rings. The Labute approximate surface area is 116 Å². The molecule has 1 spiro atoms. The Morgan fingerprint density at radius 1 is 1.16 bits per heavy atom. The molecule has 0 aromatic heterocycles. The molecule has 2 aliphatic rings. The maximum absolute atomic E-state index is 5.63. The quantitative estimate of drug-likeness (QED) is 0.867. The van der Waals surface area contributed by atoms with Gasteiger partial charge in [0.25, 0.3) is 0 Å². The van der Waals surface area contributed by atoms with Crippen LogP contribution in [0.25, 0.3) is 0 Å². The summed E-state index contributed by atoms with van der Waals surface area (Å²) in [5, 5.41) is 3.75. The third kappa shape index (κ3) is 2.27. The van der Waals surface area contributed by atoms with Crippen LogP contribution >= 0.6 is 0 Å². The molecule has 1 saturated heterocycles. The number of ether oxygens (including phenoxy) is 1. The van der Waals surface area contributed by atoms with Gasteiger partial charge in [0.05, 0.1) is 7.11 Å². The van der Waals surface area contributed by atoms with Crippen molar-refractivity contribution in [2.24, 2.45) is 5.41 Å². The first kappa shape index (κ1) is 13.0. The van der Waals surface area contributed by atoms with Crippen molar-refractivity contribution in [3.8, 4) is 5.75 Å². The highest BCUT2D eigenvalue weighted by molar-refractivity contribution is 5.41. The Kier molecular flexibility index (Phi) is 3.53. The highest BCUT2D eigenvalue weighted by atomic mass is 16.5. The van der Waals surface area contributed by atoms with Gasteiger partial charge in [-0.25, -0.2) is 0 Å². The predicted molar refractivity (Wildman–Crippen MR) is 78.6 cm³/mol. The molecule has 1 N–H and O–H groups in total. The molecule has 1 saturated carbocycles. The number of rotatable bonds is 2. The van der Waals surface area contributed by atoms with Gasteiger partial charge in [-0.2, -0.15) is 0 Å². The first-order valence-electron chi connectivity index (χ1n) is 7.63. The standard InChI is InChI=1S/C17H25NO/c1-13-6-7-14(15(12-13)19-2)16-17(10-11-18-16)8-4-3-5-9-17/h6-7,12,16,18H,3-5,8-11H2,1-2H3. The number of nitrogens with one attached hydrogen (secondary N) is 1. The second-order valence-corrected chi connectivity index (χ2v) is 6.31. The zero-order chi connectivity index (χ0) is 13.3. The molecule has 1 unspecified atom stereocenters. The molecule has 1 aliphatic carbocycles. The van der Waals surface area contributed by atoms with E-state index in [2.05, 4.69) is 30.4 Å². The monoisotopic (exact) mass is 259 g/mol. The normalized spacial score (nSPS) is 25.7. The molecule has 3 rings (SSSR count). The molecule has 104 valence electrons. The minimum Gasteiger partial charge on any atom is -0.496 e. The van der Waals surface area contributed by atoms with Crippen molar-refractivity contribution in [1.29, 1.82) is 0 Å². The number of benzene rings is 1. The molecule has 2 fully saturated rings. The smallest absolute Gasteiger partial charge is 0.123 e. The molecule has 2 heteroatoms. The van der Waals surface area contributed by atoms with Gasteiger partial charge in [-0.3, -0.25) is 0 Å². The van der Waals surface area contributed by atoms with Gasteiger partial charge in [-0.05, 0) is 49.8 Å². The van der Waals surface area contributed by atoms with Crippen LogP contribution in [0.4, 0.5) is 0 Å². The fourth-order valence-corrected chi connectivity index (χ4v) is 4.12. The van der Waals surface area contributed by atoms with Crippen molar-refractivity contribution in [2.75, 3.05) is 13.7 Å². The van der Waals surface area contributed by atoms with Crippen LogP contribution in [0.1, 0.15) is 55.7 Å². The van der Waals surface area contributed by atoms with E-state index in [1.165, 1.54) is 49.7 Å². The maximum atomic E-state index is 5.63. The fourth-order valence-electron chi connectivity index (χ4n) is 4.12. The molecule has 0 bridgehead atoms. The second kappa shape index (κ2) is 5.16. The summed E-state index contributed by atoms with van der Waals surface area (Å²) in [6, 6.07) is 7.15. The van der Waals surface area contributed by atoms with Gasteiger partial charge in [-0.1, -0.05) is 31.4 Å². The van der Waals surface area contributed by atoms with E-state index in [1.54, 1.807) is 7.11 Å². The van der Waals surface area contributed by atoms with Crippen LogP contribution in [-0.4, -0.2) is 13.7 Å². The van der Waals surface area contributed by atoms with Crippen molar-refractivity contribution in [3.63, 3.8) is 0 Å². The summed E-state index contributed by atoms with van der Waals surface area (Å²) in [7, 11) is 1.79. The van der Waals surface area contributed by atoms with E-state index in [0.29, 0.717) is 11.5 Å². The molecule has 0 radical (unpaired) electrons. The van der Waals surface area contributed by atoms with Crippen LogP contribution < -0.4 is 10.1 Å². The number of hydrogen-bond acceptors (Lipinski definition) is 2. The van der Waals surface area contributed by atoms with Crippen LogP contribution in [0.2, 0.25) is 0 Å². The fraction of sp³-hybridized carbons (Fsp3) is 0.647. The molecule has 19 heavy (non-hydrogen) atoms. The zero-order valence-corrected chi connectivity index (χ0v) is 12.2. The van der Waals surface area contributed by atoms with Gasteiger partial charge >= 0.3 is 0 Å². The predicted octanol–water partition coefficient (Wildman–Crippen LogP) is 3.99. The van der Waals surface area contributed by atoms with E-state index < -0.39 is 0 Å². The zero-order valence-electron chi connectivity index (χ0n) is 12.2. The van der Waals surface area contributed by atoms with E-state index in [-0.39, 0.29) is 0 Å². The van der Waals surface area contributed by atoms with Crippen molar-refractivity contribution >= 4 is 0 Å². The summed E-state index contributed by atoms with van der Waals surface area (Å²) in [5.74, 6) is 1.06. The van der Waals surface area contributed by atoms with Crippen molar-refractivity contribution in [1.82, 2.24) is 5.32 Å². The Hall–Kier alpha value is -1.02. The molecule has 2 nitrogen and oxygen atoms in total. The number of aryl methyl sites for hydroxylation is 1. The van der Waals surface area contributed by atoms with E-state index >= 15 is 0 Å². The number of hydrogen-bond donors (Lipinski definition) is 1. The lowest BCUT2D eigenvalue weighted by atomic mass is 9.67. The minimum atomic E-state index is 0.487. The third-order valence-corrected chi connectivity index (χ3v) is 5.13. The Balaban J connectivity index is 1.96. The van der Waals surface area contributed by atoms with Crippen LogP contribution in [-0.2, 0) is 0 Å². The van der Waals surface area contributed by atoms with E-state index in [4.69, 9.17) is 4.74 Å². The lowest BCUT2D eigenvalue weighted by molar-refractivity contribution is 0.162. The van der Waals surface area contributed by atoms with E-state index in [1.807, 2.05) is 0 Å². The molecule has 1 aliphatic heterocycles. The third-order valence-electron chi connectivity index (χ3n) is 5.13.